The number of amides is 1. The number of anilines is 2. The molecule has 174 valence electrons. The summed E-state index contributed by atoms with van der Waals surface area (Å²) in [6, 6.07) is 16.2. The normalized spacial score (nSPS) is 11.1. The summed E-state index contributed by atoms with van der Waals surface area (Å²) in [7, 11) is -2.26. The van der Waals surface area contributed by atoms with Crippen LogP contribution in [-0.4, -0.2) is 26.4 Å². The second-order valence-electron chi connectivity index (χ2n) is 7.31. The minimum atomic E-state index is -3.88. The molecule has 1 aromatic heterocycles. The number of hydrogen-bond acceptors (Lipinski definition) is 6. The lowest BCUT2D eigenvalue weighted by atomic mass is 10.1. The number of sulfonamides is 1. The predicted molar refractivity (Wildman–Crippen MR) is 130 cm³/mol. The van der Waals surface area contributed by atoms with Gasteiger partial charge in [0.1, 0.15) is 11.6 Å². The first kappa shape index (κ1) is 23.4. The van der Waals surface area contributed by atoms with Crippen LogP contribution in [0, 0.1) is 12.7 Å². The quantitative estimate of drug-likeness (QED) is 0.360. The maximum atomic E-state index is 13.0. The van der Waals surface area contributed by atoms with E-state index in [9.17, 15) is 17.6 Å². The number of aromatic nitrogens is 1. The zero-order chi connectivity index (χ0) is 24.3. The third-order valence-corrected chi connectivity index (χ3v) is 7.09. The summed E-state index contributed by atoms with van der Waals surface area (Å²) in [6.45, 7) is 1.95. The Morgan fingerprint density at radius 2 is 1.74 bits per heavy atom. The SMILES string of the molecule is COc1ccc(-c2csc(NC(=O)c3ccc(NS(=O)(=O)c4ccc(F)cc4)cc3)n2)cc1C. The molecule has 0 bridgehead atoms. The third-order valence-electron chi connectivity index (χ3n) is 4.94. The first-order chi connectivity index (χ1) is 16.2. The van der Waals surface area contributed by atoms with Gasteiger partial charge in [-0.05, 0) is 79.2 Å². The average Bonchev–Trinajstić information content (AvgIpc) is 3.28. The largest absolute Gasteiger partial charge is 0.496 e. The minimum absolute atomic E-state index is 0.0673. The van der Waals surface area contributed by atoms with Crippen LogP contribution in [0.2, 0.25) is 0 Å². The number of thiazole rings is 1. The number of benzene rings is 3. The van der Waals surface area contributed by atoms with Crippen LogP contribution in [0.15, 0.2) is 77.0 Å². The molecule has 0 saturated carbocycles. The molecule has 0 unspecified atom stereocenters. The monoisotopic (exact) mass is 497 g/mol. The van der Waals surface area contributed by atoms with Gasteiger partial charge in [0.15, 0.2) is 5.13 Å². The molecule has 0 fully saturated rings. The molecule has 10 heteroatoms. The molecule has 1 heterocycles. The van der Waals surface area contributed by atoms with E-state index in [0.29, 0.717) is 10.7 Å². The predicted octanol–water partition coefficient (Wildman–Crippen LogP) is 5.32. The minimum Gasteiger partial charge on any atom is -0.496 e. The number of carbonyl (C=O) groups excluding carboxylic acids is 1. The van der Waals surface area contributed by atoms with Crippen LogP contribution in [0.4, 0.5) is 15.2 Å². The average molecular weight is 498 g/mol. The highest BCUT2D eigenvalue weighted by Gasteiger charge is 2.15. The standard InChI is InChI=1S/C24H20FN3O4S2/c1-15-13-17(5-12-22(15)32-2)21-14-33-24(26-21)27-23(29)16-3-8-19(9-4-16)28-34(30,31)20-10-6-18(25)7-11-20/h3-14,28H,1-2H3,(H,26,27,29). The number of rotatable bonds is 7. The molecule has 3 aromatic carbocycles. The number of methoxy groups -OCH3 is 1. The molecular weight excluding hydrogens is 477 g/mol. The van der Waals surface area contributed by atoms with E-state index in [4.69, 9.17) is 4.74 Å². The second kappa shape index (κ2) is 9.62. The molecule has 7 nitrogen and oxygen atoms in total. The fraction of sp³-hybridized carbons (Fsp3) is 0.0833. The smallest absolute Gasteiger partial charge is 0.261 e. The van der Waals surface area contributed by atoms with Gasteiger partial charge >= 0.3 is 0 Å². The van der Waals surface area contributed by atoms with Crippen LogP contribution in [0.5, 0.6) is 5.75 Å². The molecule has 0 aliphatic heterocycles. The Morgan fingerprint density at radius 1 is 1.03 bits per heavy atom. The van der Waals surface area contributed by atoms with Gasteiger partial charge in [-0.2, -0.15) is 0 Å². The number of nitrogens with zero attached hydrogens (tertiary/aromatic N) is 1. The lowest BCUT2D eigenvalue weighted by molar-refractivity contribution is 0.102. The highest BCUT2D eigenvalue weighted by Crippen LogP contribution is 2.29. The van der Waals surface area contributed by atoms with Gasteiger partial charge in [-0.3, -0.25) is 14.8 Å². The van der Waals surface area contributed by atoms with Crippen molar-refractivity contribution in [2.45, 2.75) is 11.8 Å². The van der Waals surface area contributed by atoms with Crippen molar-refractivity contribution in [2.75, 3.05) is 17.1 Å². The zero-order valence-electron chi connectivity index (χ0n) is 18.2. The number of hydrogen-bond donors (Lipinski definition) is 2. The van der Waals surface area contributed by atoms with Gasteiger partial charge < -0.3 is 4.74 Å². The summed E-state index contributed by atoms with van der Waals surface area (Å²) in [5, 5.41) is 5.04. The Kier molecular flexibility index (Phi) is 6.62. The lowest BCUT2D eigenvalue weighted by Crippen LogP contribution is -2.14. The molecule has 4 rings (SSSR count). The van der Waals surface area contributed by atoms with E-state index in [0.717, 1.165) is 34.7 Å². The maximum absolute atomic E-state index is 13.0. The summed E-state index contributed by atoms with van der Waals surface area (Å²) in [4.78, 5) is 17.0. The van der Waals surface area contributed by atoms with E-state index in [1.54, 1.807) is 7.11 Å². The van der Waals surface area contributed by atoms with E-state index in [2.05, 4.69) is 15.0 Å². The van der Waals surface area contributed by atoms with Gasteiger partial charge in [-0.25, -0.2) is 17.8 Å². The van der Waals surface area contributed by atoms with Crippen molar-refractivity contribution in [3.8, 4) is 17.0 Å². The van der Waals surface area contributed by atoms with Gasteiger partial charge in [0, 0.05) is 22.2 Å². The van der Waals surface area contributed by atoms with E-state index < -0.39 is 15.8 Å². The summed E-state index contributed by atoms with van der Waals surface area (Å²) in [5.74, 6) is -0.114. The highest BCUT2D eigenvalue weighted by atomic mass is 32.2. The van der Waals surface area contributed by atoms with Crippen molar-refractivity contribution in [1.29, 1.82) is 0 Å². The highest BCUT2D eigenvalue weighted by molar-refractivity contribution is 7.92. The van der Waals surface area contributed by atoms with Crippen LogP contribution >= 0.6 is 11.3 Å². The van der Waals surface area contributed by atoms with Gasteiger partial charge in [-0.1, -0.05) is 0 Å². The second-order valence-corrected chi connectivity index (χ2v) is 9.85. The van der Waals surface area contributed by atoms with Crippen LogP contribution in [-0.2, 0) is 10.0 Å². The van der Waals surface area contributed by atoms with Gasteiger partial charge in [0.2, 0.25) is 0 Å². The molecule has 0 atom stereocenters. The summed E-state index contributed by atoms with van der Waals surface area (Å²) in [5.41, 5.74) is 3.23. The molecule has 1 amide bonds. The van der Waals surface area contributed by atoms with Crippen molar-refractivity contribution in [3.63, 3.8) is 0 Å². The molecule has 2 N–H and O–H groups in total. The van der Waals surface area contributed by atoms with Crippen LogP contribution in [0.25, 0.3) is 11.3 Å². The van der Waals surface area contributed by atoms with E-state index >= 15 is 0 Å². The molecule has 0 radical (unpaired) electrons. The topological polar surface area (TPSA) is 97.4 Å². The number of carbonyl (C=O) groups is 1. The first-order valence-electron chi connectivity index (χ1n) is 10.1. The molecule has 0 aliphatic rings. The molecule has 0 saturated heterocycles. The molecule has 0 spiro atoms. The molecule has 4 aromatic rings. The molecular formula is C24H20FN3O4S2. The number of halogens is 1. The fourth-order valence-electron chi connectivity index (χ4n) is 3.19. The van der Waals surface area contributed by atoms with E-state index in [1.807, 2.05) is 30.5 Å². The maximum Gasteiger partial charge on any atom is 0.261 e. The van der Waals surface area contributed by atoms with E-state index in [1.165, 1.54) is 47.7 Å². The van der Waals surface area contributed by atoms with Crippen LogP contribution in [0.1, 0.15) is 15.9 Å². The zero-order valence-corrected chi connectivity index (χ0v) is 19.8. The fourth-order valence-corrected chi connectivity index (χ4v) is 4.96. The summed E-state index contributed by atoms with van der Waals surface area (Å²) in [6.07, 6.45) is 0. The molecule has 34 heavy (non-hydrogen) atoms. The van der Waals surface area contributed by atoms with Crippen molar-refractivity contribution in [3.05, 3.63) is 89.1 Å². The Morgan fingerprint density at radius 3 is 2.38 bits per heavy atom. The number of aryl methyl sites for hydroxylation is 1. The Balaban J connectivity index is 1.42. The van der Waals surface area contributed by atoms with Gasteiger partial charge in [-0.15, -0.1) is 11.3 Å². The Labute approximate surface area is 200 Å². The van der Waals surface area contributed by atoms with Gasteiger partial charge in [0.25, 0.3) is 15.9 Å². The van der Waals surface area contributed by atoms with Crippen LogP contribution in [0.3, 0.4) is 0 Å². The van der Waals surface area contributed by atoms with Crippen molar-refractivity contribution >= 4 is 38.1 Å². The van der Waals surface area contributed by atoms with Crippen LogP contribution < -0.4 is 14.8 Å². The van der Waals surface area contributed by atoms with E-state index in [-0.39, 0.29) is 16.5 Å². The van der Waals surface area contributed by atoms with Crippen molar-refractivity contribution in [1.82, 2.24) is 4.98 Å². The summed E-state index contributed by atoms with van der Waals surface area (Å²) < 4.78 is 45.6. The first-order valence-corrected chi connectivity index (χ1v) is 12.4. The Bertz CT molecular complexity index is 1430. The third kappa shape index (κ3) is 5.24. The number of nitrogens with one attached hydrogen (secondary N) is 2. The van der Waals surface area contributed by atoms with Crippen molar-refractivity contribution < 1.29 is 22.3 Å². The van der Waals surface area contributed by atoms with Gasteiger partial charge in [0.05, 0.1) is 17.7 Å². The Hall–Kier alpha value is -3.76. The molecule has 0 aliphatic carbocycles. The summed E-state index contributed by atoms with van der Waals surface area (Å²) >= 11 is 1.30. The lowest BCUT2D eigenvalue weighted by Gasteiger charge is -2.09. The number of ether oxygens (including phenoxy) is 1. The van der Waals surface area contributed by atoms with Crippen molar-refractivity contribution in [2.24, 2.45) is 0 Å².